The maximum Gasteiger partial charge on any atom is 0.159 e. The number of benzene rings is 3. The maximum absolute atomic E-state index is 13.2. The van der Waals surface area contributed by atoms with Gasteiger partial charge in [-0.3, -0.25) is 4.21 Å². The van der Waals surface area contributed by atoms with Crippen LogP contribution in [-0.4, -0.2) is 4.21 Å². The van der Waals surface area contributed by atoms with Gasteiger partial charge in [0.1, 0.15) is 0 Å². The summed E-state index contributed by atoms with van der Waals surface area (Å²) in [4.78, 5) is 0. The van der Waals surface area contributed by atoms with Crippen LogP contribution in [-0.2, 0) is 22.3 Å². The van der Waals surface area contributed by atoms with E-state index in [0.29, 0.717) is 11.3 Å². The Morgan fingerprint density at radius 3 is 1.92 bits per heavy atom. The van der Waals surface area contributed by atoms with Gasteiger partial charge in [0.05, 0.1) is 0 Å². The Kier molecular flexibility index (Phi) is 5.16. The SMILES string of the molecule is O=S(Cc1ccc(-c2ccccc2)cc1)Cc1ccc(F)c(F)c1. The lowest BCUT2D eigenvalue weighted by Gasteiger charge is -2.06. The minimum absolute atomic E-state index is 0.206. The van der Waals surface area contributed by atoms with Crippen molar-refractivity contribution in [2.45, 2.75) is 11.5 Å². The van der Waals surface area contributed by atoms with E-state index in [0.717, 1.165) is 28.8 Å². The molecule has 1 atom stereocenters. The van der Waals surface area contributed by atoms with Crippen molar-refractivity contribution in [1.29, 1.82) is 0 Å². The van der Waals surface area contributed by atoms with Gasteiger partial charge in [0.25, 0.3) is 0 Å². The van der Waals surface area contributed by atoms with Gasteiger partial charge in [0, 0.05) is 22.3 Å². The molecular formula is C20H16F2OS. The third-order valence-electron chi connectivity index (χ3n) is 3.70. The third kappa shape index (κ3) is 4.15. The molecule has 0 bridgehead atoms. The van der Waals surface area contributed by atoms with Crippen LogP contribution in [0, 0.1) is 11.6 Å². The summed E-state index contributed by atoms with van der Waals surface area (Å²) in [7, 11) is -1.18. The normalized spacial score (nSPS) is 12.1. The van der Waals surface area contributed by atoms with E-state index in [9.17, 15) is 13.0 Å². The summed E-state index contributed by atoms with van der Waals surface area (Å²) in [5.41, 5.74) is 3.72. The molecule has 4 heteroatoms. The van der Waals surface area contributed by atoms with Crippen molar-refractivity contribution in [2.75, 3.05) is 0 Å². The van der Waals surface area contributed by atoms with Crippen molar-refractivity contribution in [3.05, 3.63) is 95.6 Å². The molecule has 0 fully saturated rings. The van der Waals surface area contributed by atoms with E-state index in [2.05, 4.69) is 0 Å². The van der Waals surface area contributed by atoms with Gasteiger partial charge in [-0.25, -0.2) is 8.78 Å². The fourth-order valence-electron chi connectivity index (χ4n) is 2.48. The van der Waals surface area contributed by atoms with Crippen LogP contribution in [0.25, 0.3) is 11.1 Å². The number of hydrogen-bond donors (Lipinski definition) is 0. The highest BCUT2D eigenvalue weighted by Gasteiger charge is 2.07. The lowest BCUT2D eigenvalue weighted by atomic mass is 10.0. The van der Waals surface area contributed by atoms with Gasteiger partial charge in [-0.1, -0.05) is 60.7 Å². The van der Waals surface area contributed by atoms with E-state index >= 15 is 0 Å². The molecule has 0 heterocycles. The zero-order valence-electron chi connectivity index (χ0n) is 12.9. The monoisotopic (exact) mass is 342 g/mol. The fourth-order valence-corrected chi connectivity index (χ4v) is 3.69. The largest absolute Gasteiger partial charge is 0.259 e. The van der Waals surface area contributed by atoms with E-state index in [4.69, 9.17) is 0 Å². The van der Waals surface area contributed by atoms with Gasteiger partial charge in [-0.15, -0.1) is 0 Å². The second-order valence-electron chi connectivity index (χ2n) is 5.54. The topological polar surface area (TPSA) is 17.1 Å². The molecule has 3 aromatic rings. The van der Waals surface area contributed by atoms with E-state index in [1.165, 1.54) is 6.07 Å². The molecule has 0 aliphatic rings. The molecule has 122 valence electrons. The van der Waals surface area contributed by atoms with Gasteiger partial charge in [-0.05, 0) is 34.4 Å². The smallest absolute Gasteiger partial charge is 0.159 e. The van der Waals surface area contributed by atoms with Crippen LogP contribution in [0.1, 0.15) is 11.1 Å². The molecule has 3 rings (SSSR count). The number of halogens is 2. The minimum Gasteiger partial charge on any atom is -0.259 e. The van der Waals surface area contributed by atoms with E-state index in [1.807, 2.05) is 54.6 Å². The summed E-state index contributed by atoms with van der Waals surface area (Å²) in [6.45, 7) is 0. The van der Waals surface area contributed by atoms with Gasteiger partial charge in [-0.2, -0.15) is 0 Å². The van der Waals surface area contributed by atoms with Crippen LogP contribution in [0.4, 0.5) is 8.78 Å². The summed E-state index contributed by atoms with van der Waals surface area (Å²) < 4.78 is 38.3. The summed E-state index contributed by atoms with van der Waals surface area (Å²) in [5, 5.41) is 0. The Bertz CT molecular complexity index is 845. The Labute approximate surface area is 142 Å². The van der Waals surface area contributed by atoms with Crippen LogP contribution in [0.5, 0.6) is 0 Å². The van der Waals surface area contributed by atoms with Crippen molar-refractivity contribution < 1.29 is 13.0 Å². The molecule has 0 amide bonds. The van der Waals surface area contributed by atoms with Gasteiger partial charge >= 0.3 is 0 Å². The molecule has 0 aromatic heterocycles. The Morgan fingerprint density at radius 2 is 1.25 bits per heavy atom. The van der Waals surface area contributed by atoms with Crippen LogP contribution < -0.4 is 0 Å². The average molecular weight is 342 g/mol. The second-order valence-corrected chi connectivity index (χ2v) is 7.00. The van der Waals surface area contributed by atoms with E-state index < -0.39 is 22.4 Å². The molecule has 3 aromatic carbocycles. The first-order valence-electron chi connectivity index (χ1n) is 7.55. The molecule has 1 nitrogen and oxygen atoms in total. The van der Waals surface area contributed by atoms with Crippen molar-refractivity contribution in [3.8, 4) is 11.1 Å². The van der Waals surface area contributed by atoms with Gasteiger partial charge in [0.15, 0.2) is 11.6 Å². The highest BCUT2D eigenvalue weighted by atomic mass is 32.2. The predicted octanol–water partition coefficient (Wildman–Crippen LogP) is 5.08. The first-order valence-corrected chi connectivity index (χ1v) is 9.04. The van der Waals surface area contributed by atoms with E-state index in [-0.39, 0.29) is 5.75 Å². The van der Waals surface area contributed by atoms with Gasteiger partial charge < -0.3 is 0 Å². The average Bonchev–Trinajstić information content (AvgIpc) is 2.59. The van der Waals surface area contributed by atoms with Gasteiger partial charge in [0.2, 0.25) is 0 Å². The number of rotatable bonds is 5. The highest BCUT2D eigenvalue weighted by molar-refractivity contribution is 7.83. The Morgan fingerprint density at radius 1 is 0.667 bits per heavy atom. The quantitative estimate of drug-likeness (QED) is 0.632. The summed E-state index contributed by atoms with van der Waals surface area (Å²) in [6, 6.07) is 21.6. The van der Waals surface area contributed by atoms with Crippen LogP contribution in [0.2, 0.25) is 0 Å². The fraction of sp³-hybridized carbons (Fsp3) is 0.100. The van der Waals surface area contributed by atoms with Crippen LogP contribution in [0.3, 0.4) is 0 Å². The standard InChI is InChI=1S/C20H16F2OS/c21-19-11-8-16(12-20(19)22)14-24(23)13-15-6-9-18(10-7-15)17-4-2-1-3-5-17/h1-12H,13-14H2. The lowest BCUT2D eigenvalue weighted by Crippen LogP contribution is -2.00. The molecule has 0 aliphatic heterocycles. The van der Waals surface area contributed by atoms with E-state index in [1.54, 1.807) is 0 Å². The third-order valence-corrected chi connectivity index (χ3v) is 5.01. The van der Waals surface area contributed by atoms with Crippen molar-refractivity contribution in [1.82, 2.24) is 0 Å². The zero-order chi connectivity index (χ0) is 16.9. The summed E-state index contributed by atoms with van der Waals surface area (Å²) in [5.74, 6) is -1.20. The maximum atomic E-state index is 13.2. The molecule has 0 spiro atoms. The van der Waals surface area contributed by atoms with Crippen molar-refractivity contribution in [3.63, 3.8) is 0 Å². The molecule has 0 radical (unpaired) electrons. The van der Waals surface area contributed by atoms with Crippen molar-refractivity contribution in [2.24, 2.45) is 0 Å². The molecule has 24 heavy (non-hydrogen) atoms. The highest BCUT2D eigenvalue weighted by Crippen LogP contribution is 2.20. The Hall–Kier alpha value is -2.33. The second kappa shape index (κ2) is 7.49. The molecule has 0 aliphatic carbocycles. The molecule has 0 N–H and O–H groups in total. The summed E-state index contributed by atoms with van der Waals surface area (Å²) >= 11 is 0. The van der Waals surface area contributed by atoms with Crippen LogP contribution >= 0.6 is 0 Å². The predicted molar refractivity (Wildman–Crippen MR) is 93.8 cm³/mol. The molecule has 0 saturated heterocycles. The first-order chi connectivity index (χ1) is 11.6. The van der Waals surface area contributed by atoms with Crippen molar-refractivity contribution >= 4 is 10.8 Å². The molecule has 0 saturated carbocycles. The zero-order valence-corrected chi connectivity index (χ0v) is 13.7. The molecular weight excluding hydrogens is 326 g/mol. The van der Waals surface area contributed by atoms with Crippen LogP contribution in [0.15, 0.2) is 72.8 Å². The first kappa shape index (κ1) is 16.5. The molecule has 1 unspecified atom stereocenters. The Balaban J connectivity index is 1.65. The summed E-state index contributed by atoms with van der Waals surface area (Å²) in [6.07, 6.45) is 0. The number of hydrogen-bond acceptors (Lipinski definition) is 1. The minimum atomic E-state index is -1.18. The lowest BCUT2D eigenvalue weighted by molar-refractivity contribution is 0.507.